The highest BCUT2D eigenvalue weighted by molar-refractivity contribution is 5.93. The van der Waals surface area contributed by atoms with Gasteiger partial charge in [-0.25, -0.2) is 10.4 Å². The maximum atomic E-state index is 12.4. The SMILES string of the molecule is C/C(=N\NC1=NCCN1)[C@@]1(O)CC[C@]2(O)[C@@H]3CC[C@@H]4C[C@@H](OCCCN)CC[C@]4(C)[C@H]3CC[C@]12C. The largest absolute Gasteiger partial charge is 0.389 e. The van der Waals surface area contributed by atoms with Crippen LogP contribution in [0.2, 0.25) is 0 Å². The summed E-state index contributed by atoms with van der Waals surface area (Å²) in [5.41, 5.74) is 6.95. The number of ether oxygens (including phenoxy) is 1. The third kappa shape index (κ3) is 3.85. The number of guanidine groups is 1. The fourth-order valence-electron chi connectivity index (χ4n) is 8.97. The molecule has 0 unspecified atom stereocenters. The highest BCUT2D eigenvalue weighted by atomic mass is 16.5. The summed E-state index contributed by atoms with van der Waals surface area (Å²) < 4.78 is 6.18. The standard InChI is InChI=1S/C27H47N5O3/c1-18(31-32-23-29-14-15-30-23)26(33)11-12-27(34)22-6-5-19-17-20(35-16-4-13-28)7-9-24(19,2)21(22)8-10-25(26,27)3/h19-22,33-34H,4-17,28H2,1-3H3,(H2,29,30,32)/b31-18+/t19-,20+,21+,22-,24+,25-,26+,27+/m1/s1. The molecule has 5 rings (SSSR count). The summed E-state index contributed by atoms with van der Waals surface area (Å²) in [6.45, 7) is 9.51. The fraction of sp³-hybridized carbons (Fsp3) is 0.926. The molecule has 0 saturated heterocycles. The monoisotopic (exact) mass is 489 g/mol. The van der Waals surface area contributed by atoms with E-state index in [0.717, 1.165) is 64.6 Å². The summed E-state index contributed by atoms with van der Waals surface area (Å²) in [5.74, 6) is 2.04. The Hall–Kier alpha value is -1.22. The number of fused-ring (bicyclic) bond motifs is 5. The van der Waals surface area contributed by atoms with Gasteiger partial charge in [-0.3, -0.25) is 0 Å². The number of nitrogens with zero attached hydrogens (tertiary/aromatic N) is 2. The summed E-state index contributed by atoms with van der Waals surface area (Å²) >= 11 is 0. The van der Waals surface area contributed by atoms with E-state index in [0.29, 0.717) is 49.0 Å². The summed E-state index contributed by atoms with van der Waals surface area (Å²) in [6.07, 6.45) is 9.96. The van der Waals surface area contributed by atoms with Gasteiger partial charge >= 0.3 is 0 Å². The quantitative estimate of drug-likeness (QED) is 0.222. The van der Waals surface area contributed by atoms with Crippen LogP contribution in [0, 0.1) is 28.6 Å². The minimum Gasteiger partial charge on any atom is -0.389 e. The van der Waals surface area contributed by atoms with Crippen LogP contribution in [-0.4, -0.2) is 65.4 Å². The van der Waals surface area contributed by atoms with E-state index in [9.17, 15) is 10.2 Å². The van der Waals surface area contributed by atoms with Crippen molar-refractivity contribution < 1.29 is 14.9 Å². The van der Waals surface area contributed by atoms with E-state index in [1.54, 1.807) is 0 Å². The van der Waals surface area contributed by atoms with Crippen LogP contribution in [0.25, 0.3) is 0 Å². The first-order chi connectivity index (χ1) is 16.7. The molecule has 0 aromatic heterocycles. The predicted molar refractivity (Wildman–Crippen MR) is 138 cm³/mol. The van der Waals surface area contributed by atoms with E-state index in [4.69, 9.17) is 10.5 Å². The number of nitrogens with two attached hydrogens (primary N) is 1. The summed E-state index contributed by atoms with van der Waals surface area (Å²) in [5, 5.41) is 32.2. The van der Waals surface area contributed by atoms with Crippen LogP contribution in [0.5, 0.6) is 0 Å². The van der Waals surface area contributed by atoms with E-state index in [1.165, 1.54) is 6.42 Å². The topological polar surface area (TPSA) is 124 Å². The van der Waals surface area contributed by atoms with Crippen LogP contribution in [0.15, 0.2) is 10.1 Å². The fourth-order valence-corrected chi connectivity index (χ4v) is 8.97. The molecule has 1 heterocycles. The van der Waals surface area contributed by atoms with Gasteiger partial charge in [0.05, 0.1) is 24.0 Å². The smallest absolute Gasteiger partial charge is 0.212 e. The van der Waals surface area contributed by atoms with Crippen molar-refractivity contribution in [2.24, 2.45) is 44.4 Å². The first-order valence-electron chi connectivity index (χ1n) is 14.0. The second kappa shape index (κ2) is 9.26. The number of aliphatic imine (C=N–C) groups is 1. The molecule has 8 nitrogen and oxygen atoms in total. The lowest BCUT2D eigenvalue weighted by molar-refractivity contribution is -0.225. The zero-order valence-electron chi connectivity index (χ0n) is 22.0. The Morgan fingerprint density at radius 2 is 1.97 bits per heavy atom. The molecule has 4 aliphatic carbocycles. The van der Waals surface area contributed by atoms with E-state index in [-0.39, 0.29) is 11.3 Å². The normalized spacial score (nSPS) is 47.4. The molecule has 0 aromatic carbocycles. The van der Waals surface area contributed by atoms with Gasteiger partial charge < -0.3 is 26.0 Å². The predicted octanol–water partition coefficient (Wildman–Crippen LogP) is 2.53. The van der Waals surface area contributed by atoms with Gasteiger partial charge in [-0.2, -0.15) is 5.10 Å². The Labute approximate surface area is 210 Å². The van der Waals surface area contributed by atoms with Crippen molar-refractivity contribution in [3.63, 3.8) is 0 Å². The van der Waals surface area contributed by atoms with Gasteiger partial charge in [-0.1, -0.05) is 13.8 Å². The number of hydrogen-bond acceptors (Lipinski definition) is 8. The third-order valence-electron chi connectivity index (χ3n) is 11.3. The second-order valence-corrected chi connectivity index (χ2v) is 12.5. The molecule has 8 atom stereocenters. The number of nitrogens with one attached hydrogen (secondary N) is 2. The van der Waals surface area contributed by atoms with E-state index in [1.807, 2.05) is 6.92 Å². The average molecular weight is 490 g/mol. The molecule has 198 valence electrons. The summed E-state index contributed by atoms with van der Waals surface area (Å²) in [6, 6.07) is 0. The van der Waals surface area contributed by atoms with Crippen molar-refractivity contribution in [1.29, 1.82) is 0 Å². The van der Waals surface area contributed by atoms with Crippen molar-refractivity contribution in [1.82, 2.24) is 10.7 Å². The van der Waals surface area contributed by atoms with E-state index in [2.05, 4.69) is 34.7 Å². The average Bonchev–Trinajstić information content (AvgIpc) is 3.44. The number of hydrogen-bond donors (Lipinski definition) is 5. The lowest BCUT2D eigenvalue weighted by Gasteiger charge is -2.64. The minimum absolute atomic E-state index is 0.230. The van der Waals surface area contributed by atoms with E-state index >= 15 is 0 Å². The Kier molecular flexibility index (Phi) is 6.73. The second-order valence-electron chi connectivity index (χ2n) is 12.5. The molecule has 0 amide bonds. The van der Waals surface area contributed by atoms with Gasteiger partial charge in [0.15, 0.2) is 0 Å². The van der Waals surface area contributed by atoms with Crippen molar-refractivity contribution in [2.45, 2.75) is 102 Å². The lowest BCUT2D eigenvalue weighted by atomic mass is 9.43. The molecule has 0 spiro atoms. The highest BCUT2D eigenvalue weighted by Crippen LogP contribution is 2.70. The molecule has 8 heteroatoms. The van der Waals surface area contributed by atoms with Gasteiger partial charge in [0.25, 0.3) is 0 Å². The van der Waals surface area contributed by atoms with Crippen LogP contribution in [0.3, 0.4) is 0 Å². The molecular weight excluding hydrogens is 442 g/mol. The molecular formula is C27H47N5O3. The minimum atomic E-state index is -1.12. The Morgan fingerprint density at radius 1 is 1.14 bits per heavy atom. The molecule has 0 radical (unpaired) electrons. The maximum absolute atomic E-state index is 12.4. The first kappa shape index (κ1) is 25.4. The molecule has 1 aliphatic heterocycles. The van der Waals surface area contributed by atoms with Gasteiger partial charge in [0, 0.05) is 18.6 Å². The number of hydrazone groups is 1. The molecule has 0 aromatic rings. The maximum Gasteiger partial charge on any atom is 0.212 e. The molecule has 5 aliphatic rings. The molecule has 0 bridgehead atoms. The Bertz CT molecular complexity index is 866. The molecule has 4 fully saturated rings. The van der Waals surface area contributed by atoms with Crippen LogP contribution < -0.4 is 16.5 Å². The first-order valence-corrected chi connectivity index (χ1v) is 14.0. The van der Waals surface area contributed by atoms with Crippen LogP contribution in [0.4, 0.5) is 0 Å². The number of rotatable bonds is 6. The Balaban J connectivity index is 1.33. The van der Waals surface area contributed by atoms with Gasteiger partial charge in [0.2, 0.25) is 5.96 Å². The highest BCUT2D eigenvalue weighted by Gasteiger charge is 2.72. The van der Waals surface area contributed by atoms with Crippen molar-refractivity contribution in [3.05, 3.63) is 0 Å². The zero-order chi connectivity index (χ0) is 24.9. The van der Waals surface area contributed by atoms with Crippen LogP contribution in [0.1, 0.15) is 85.0 Å². The molecule has 35 heavy (non-hydrogen) atoms. The molecule has 4 saturated carbocycles. The van der Waals surface area contributed by atoms with Gasteiger partial charge in [-0.05, 0) is 101 Å². The van der Waals surface area contributed by atoms with Gasteiger partial charge in [0.1, 0.15) is 5.60 Å². The zero-order valence-corrected chi connectivity index (χ0v) is 22.0. The summed E-state index contributed by atoms with van der Waals surface area (Å²) in [7, 11) is 0. The third-order valence-corrected chi connectivity index (χ3v) is 11.3. The van der Waals surface area contributed by atoms with Crippen molar-refractivity contribution in [3.8, 4) is 0 Å². The van der Waals surface area contributed by atoms with Crippen LogP contribution >= 0.6 is 0 Å². The van der Waals surface area contributed by atoms with Gasteiger partial charge in [-0.15, -0.1) is 0 Å². The van der Waals surface area contributed by atoms with Crippen molar-refractivity contribution in [2.75, 3.05) is 26.2 Å². The number of aliphatic hydroxyl groups is 2. The van der Waals surface area contributed by atoms with Crippen molar-refractivity contribution >= 4 is 11.7 Å². The molecule has 6 N–H and O–H groups in total. The van der Waals surface area contributed by atoms with E-state index < -0.39 is 16.6 Å². The van der Waals surface area contributed by atoms with Crippen LogP contribution in [-0.2, 0) is 4.74 Å². The lowest BCUT2D eigenvalue weighted by Crippen LogP contribution is -2.66. The summed E-state index contributed by atoms with van der Waals surface area (Å²) in [4.78, 5) is 4.34. The Morgan fingerprint density at radius 3 is 2.71 bits per heavy atom.